The molecule has 1 aliphatic heterocycles. The third kappa shape index (κ3) is 5.51. The van der Waals surface area contributed by atoms with Gasteiger partial charge < -0.3 is 20.0 Å². The zero-order valence-corrected chi connectivity index (χ0v) is 16.2. The monoisotopic (exact) mass is 389 g/mol. The number of carbonyl (C=O) groups excluding carboxylic acids is 1. The van der Waals surface area contributed by atoms with Crippen molar-refractivity contribution in [2.45, 2.75) is 25.0 Å². The van der Waals surface area contributed by atoms with Gasteiger partial charge in [-0.15, -0.1) is 0 Å². The molecule has 1 saturated heterocycles. The van der Waals surface area contributed by atoms with Crippen molar-refractivity contribution in [3.05, 3.63) is 48.4 Å². The lowest BCUT2D eigenvalue weighted by Gasteiger charge is -2.16. The van der Waals surface area contributed by atoms with Gasteiger partial charge in [0.25, 0.3) is 0 Å². The lowest BCUT2D eigenvalue weighted by Crippen LogP contribution is -2.29. The summed E-state index contributed by atoms with van der Waals surface area (Å²) in [5.41, 5.74) is 1.87. The maximum Gasteiger partial charge on any atom is 0.227 e. The molecule has 5 nitrogen and oxygen atoms in total. The van der Waals surface area contributed by atoms with E-state index in [1.54, 1.807) is 6.26 Å². The molecule has 0 saturated carbocycles. The van der Waals surface area contributed by atoms with Gasteiger partial charge in [-0.3, -0.25) is 4.79 Å². The first-order chi connectivity index (χ1) is 12.7. The average Bonchev–Trinajstić information content (AvgIpc) is 3.30. The Balaban J connectivity index is 1.32. The van der Waals surface area contributed by atoms with E-state index in [0.717, 1.165) is 54.6 Å². The van der Waals surface area contributed by atoms with Crippen LogP contribution in [0.25, 0.3) is 0 Å². The third-order valence-electron chi connectivity index (χ3n) is 4.09. The molecule has 3 rings (SSSR count). The quantitative estimate of drug-likeness (QED) is 0.525. The number of rotatable bonds is 8. The zero-order valence-electron chi connectivity index (χ0n) is 14.6. The summed E-state index contributed by atoms with van der Waals surface area (Å²) >= 11 is 7.18. The van der Waals surface area contributed by atoms with Crippen LogP contribution in [-0.2, 0) is 10.5 Å². The van der Waals surface area contributed by atoms with E-state index in [9.17, 15) is 4.79 Å². The highest BCUT2D eigenvalue weighted by molar-refractivity contribution is 7.98. The predicted molar refractivity (Wildman–Crippen MR) is 112 cm³/mol. The molecule has 2 aromatic rings. The summed E-state index contributed by atoms with van der Waals surface area (Å²) in [5.74, 6) is 3.17. The van der Waals surface area contributed by atoms with Gasteiger partial charge in [-0.05, 0) is 67.2 Å². The Morgan fingerprint density at radius 2 is 2.12 bits per heavy atom. The van der Waals surface area contributed by atoms with E-state index in [1.807, 2.05) is 53.1 Å². The van der Waals surface area contributed by atoms with Crippen molar-refractivity contribution in [2.24, 2.45) is 0 Å². The van der Waals surface area contributed by atoms with Gasteiger partial charge in [0.1, 0.15) is 5.76 Å². The van der Waals surface area contributed by atoms with Crippen molar-refractivity contribution < 1.29 is 9.21 Å². The first kappa shape index (κ1) is 18.8. The molecule has 2 N–H and O–H groups in total. The van der Waals surface area contributed by atoms with Crippen LogP contribution < -0.4 is 15.5 Å². The Hall–Kier alpha value is -1.99. The van der Waals surface area contributed by atoms with E-state index in [0.29, 0.717) is 11.5 Å². The highest BCUT2D eigenvalue weighted by atomic mass is 32.2. The molecule has 7 heteroatoms. The molecule has 1 fully saturated rings. The number of hydrogen-bond acceptors (Lipinski definition) is 4. The zero-order chi connectivity index (χ0) is 18.2. The molecule has 138 valence electrons. The fraction of sp³-hybridized carbons (Fsp3) is 0.368. The van der Waals surface area contributed by atoms with Gasteiger partial charge in [-0.1, -0.05) is 0 Å². The number of furan rings is 1. The summed E-state index contributed by atoms with van der Waals surface area (Å²) < 4.78 is 5.30. The molecular weight excluding hydrogens is 366 g/mol. The second kappa shape index (κ2) is 9.64. The Bertz CT molecular complexity index is 717. The number of anilines is 2. The Labute approximate surface area is 163 Å². The average molecular weight is 390 g/mol. The van der Waals surface area contributed by atoms with E-state index < -0.39 is 0 Å². The van der Waals surface area contributed by atoms with Crippen LogP contribution in [0.2, 0.25) is 0 Å². The predicted octanol–water partition coefficient (Wildman–Crippen LogP) is 4.02. The lowest BCUT2D eigenvalue weighted by atomic mass is 10.2. The molecule has 0 radical (unpaired) electrons. The highest BCUT2D eigenvalue weighted by Crippen LogP contribution is 2.23. The van der Waals surface area contributed by atoms with Gasteiger partial charge in [0.05, 0.1) is 12.0 Å². The number of thioether (sulfide) groups is 1. The van der Waals surface area contributed by atoms with Crippen LogP contribution in [0.1, 0.15) is 25.0 Å². The number of amides is 1. The Morgan fingerprint density at radius 1 is 1.27 bits per heavy atom. The number of nitrogens with one attached hydrogen (secondary N) is 2. The molecule has 0 unspecified atom stereocenters. The molecule has 1 amide bonds. The normalized spacial score (nSPS) is 13.8. The van der Waals surface area contributed by atoms with E-state index in [4.69, 9.17) is 16.6 Å². The SMILES string of the molecule is O=C1CCCN1c1ccc(NC(=S)NCCCSCc2ccco2)cc1. The number of nitrogens with zero attached hydrogens (tertiary/aromatic N) is 1. The number of carbonyl (C=O) groups is 1. The molecule has 26 heavy (non-hydrogen) atoms. The molecule has 1 aromatic carbocycles. The number of benzene rings is 1. The van der Waals surface area contributed by atoms with Crippen LogP contribution in [0.3, 0.4) is 0 Å². The van der Waals surface area contributed by atoms with Gasteiger partial charge in [-0.2, -0.15) is 11.8 Å². The first-order valence-corrected chi connectivity index (χ1v) is 10.3. The minimum absolute atomic E-state index is 0.202. The molecule has 0 atom stereocenters. The smallest absolute Gasteiger partial charge is 0.227 e. The van der Waals surface area contributed by atoms with Crippen molar-refractivity contribution >= 4 is 46.4 Å². The van der Waals surface area contributed by atoms with Crippen LogP contribution in [0.4, 0.5) is 11.4 Å². The second-order valence-corrected chi connectivity index (χ2v) is 7.58. The molecule has 2 heterocycles. The molecule has 1 aromatic heterocycles. The second-order valence-electron chi connectivity index (χ2n) is 6.06. The van der Waals surface area contributed by atoms with Crippen LogP contribution in [-0.4, -0.2) is 29.9 Å². The topological polar surface area (TPSA) is 57.5 Å². The Morgan fingerprint density at radius 3 is 2.81 bits per heavy atom. The molecule has 0 spiro atoms. The minimum Gasteiger partial charge on any atom is -0.468 e. The summed E-state index contributed by atoms with van der Waals surface area (Å²) in [6, 6.07) is 11.7. The summed E-state index contributed by atoms with van der Waals surface area (Å²) in [6.07, 6.45) is 4.32. The van der Waals surface area contributed by atoms with Gasteiger partial charge >= 0.3 is 0 Å². The van der Waals surface area contributed by atoms with Gasteiger partial charge in [0, 0.05) is 30.9 Å². The van der Waals surface area contributed by atoms with Crippen LogP contribution >= 0.6 is 24.0 Å². The minimum atomic E-state index is 0.202. The largest absolute Gasteiger partial charge is 0.468 e. The van der Waals surface area contributed by atoms with Crippen LogP contribution in [0, 0.1) is 0 Å². The molecule has 0 bridgehead atoms. The summed E-state index contributed by atoms with van der Waals surface area (Å²) in [7, 11) is 0. The fourth-order valence-electron chi connectivity index (χ4n) is 2.76. The maximum atomic E-state index is 11.8. The van der Waals surface area contributed by atoms with Gasteiger partial charge in [0.2, 0.25) is 5.91 Å². The highest BCUT2D eigenvalue weighted by Gasteiger charge is 2.21. The molecular formula is C19H23N3O2S2. The van der Waals surface area contributed by atoms with Crippen molar-refractivity contribution in [2.75, 3.05) is 29.1 Å². The van der Waals surface area contributed by atoms with E-state index in [-0.39, 0.29) is 5.91 Å². The number of hydrogen-bond donors (Lipinski definition) is 2. The van der Waals surface area contributed by atoms with Gasteiger partial charge in [0.15, 0.2) is 5.11 Å². The van der Waals surface area contributed by atoms with Crippen LogP contribution in [0.5, 0.6) is 0 Å². The summed E-state index contributed by atoms with van der Waals surface area (Å²) in [6.45, 7) is 1.64. The third-order valence-corrected chi connectivity index (χ3v) is 5.40. The van der Waals surface area contributed by atoms with E-state index in [1.165, 1.54) is 0 Å². The molecule has 1 aliphatic rings. The van der Waals surface area contributed by atoms with Gasteiger partial charge in [-0.25, -0.2) is 0 Å². The maximum absolute atomic E-state index is 11.8. The lowest BCUT2D eigenvalue weighted by molar-refractivity contribution is -0.117. The summed E-state index contributed by atoms with van der Waals surface area (Å²) in [4.78, 5) is 13.6. The Kier molecular flexibility index (Phi) is 6.96. The van der Waals surface area contributed by atoms with E-state index in [2.05, 4.69) is 10.6 Å². The van der Waals surface area contributed by atoms with Crippen molar-refractivity contribution in [1.82, 2.24) is 5.32 Å². The van der Waals surface area contributed by atoms with Crippen molar-refractivity contribution in [3.8, 4) is 0 Å². The van der Waals surface area contributed by atoms with Crippen molar-refractivity contribution in [1.29, 1.82) is 0 Å². The van der Waals surface area contributed by atoms with Crippen LogP contribution in [0.15, 0.2) is 47.1 Å². The first-order valence-electron chi connectivity index (χ1n) is 8.78. The number of thiocarbonyl (C=S) groups is 1. The fourth-order valence-corrected chi connectivity index (χ4v) is 3.84. The summed E-state index contributed by atoms with van der Waals surface area (Å²) in [5, 5.41) is 7.02. The van der Waals surface area contributed by atoms with Crippen molar-refractivity contribution in [3.63, 3.8) is 0 Å². The van der Waals surface area contributed by atoms with E-state index >= 15 is 0 Å². The molecule has 0 aliphatic carbocycles. The standard InChI is InChI=1S/C19H23N3O2S2/c23-18-5-1-11-22(18)16-8-6-15(7-9-16)21-19(25)20-10-3-13-26-14-17-4-2-12-24-17/h2,4,6-9,12H,1,3,5,10-11,13-14H2,(H2,20,21,25).